The molecule has 0 spiro atoms. The van der Waals surface area contributed by atoms with Crippen molar-refractivity contribution in [2.45, 2.75) is 57.2 Å². The first kappa shape index (κ1) is 17.7. The summed E-state index contributed by atoms with van der Waals surface area (Å²) in [6.45, 7) is 6.31. The molecule has 3 N–H and O–H groups in total. The molecule has 3 aliphatic rings. The fourth-order valence-corrected chi connectivity index (χ4v) is 4.64. The first-order valence-corrected chi connectivity index (χ1v) is 9.91. The van der Waals surface area contributed by atoms with Crippen LogP contribution in [0.2, 0.25) is 0 Å². The van der Waals surface area contributed by atoms with Crippen LogP contribution in [0.3, 0.4) is 0 Å². The molecule has 1 aromatic carbocycles. The zero-order chi connectivity index (χ0) is 18.1. The smallest absolute Gasteiger partial charge is 0.243 e. The first-order valence-electron chi connectivity index (χ1n) is 9.91. The van der Waals surface area contributed by atoms with Gasteiger partial charge in [-0.3, -0.25) is 9.69 Å². The minimum absolute atomic E-state index is 0.00359. The third kappa shape index (κ3) is 3.71. The molecular weight excluding hydrogens is 331 g/mol. The van der Waals surface area contributed by atoms with Gasteiger partial charge in [0.15, 0.2) is 0 Å². The minimum atomic E-state index is -0.354. The summed E-state index contributed by atoms with van der Waals surface area (Å²) in [6.07, 6.45) is 4.80. The SMILES string of the molecule is Cc1cc(F)c2c(c1)NC(C(=O)NC1CCC(N3CCNCC3)CC1)C2. The van der Waals surface area contributed by atoms with Gasteiger partial charge in [-0.2, -0.15) is 0 Å². The third-order valence-corrected chi connectivity index (χ3v) is 6.11. The van der Waals surface area contributed by atoms with Crippen LogP contribution in [-0.4, -0.2) is 55.1 Å². The van der Waals surface area contributed by atoms with Crippen LogP contribution >= 0.6 is 0 Å². The summed E-state index contributed by atoms with van der Waals surface area (Å²) in [7, 11) is 0. The molecule has 1 atom stereocenters. The molecule has 142 valence electrons. The Morgan fingerprint density at radius 1 is 1.19 bits per heavy atom. The average Bonchev–Trinajstić information content (AvgIpc) is 3.08. The van der Waals surface area contributed by atoms with Crippen LogP contribution in [0.1, 0.15) is 36.8 Å². The average molecular weight is 360 g/mol. The quantitative estimate of drug-likeness (QED) is 0.769. The van der Waals surface area contributed by atoms with Crippen LogP contribution in [0.5, 0.6) is 0 Å². The van der Waals surface area contributed by atoms with E-state index in [1.54, 1.807) is 0 Å². The highest BCUT2D eigenvalue weighted by Crippen LogP contribution is 2.30. The molecule has 1 unspecified atom stereocenters. The van der Waals surface area contributed by atoms with Crippen molar-refractivity contribution in [1.29, 1.82) is 0 Å². The van der Waals surface area contributed by atoms with Gasteiger partial charge in [-0.05, 0) is 50.3 Å². The van der Waals surface area contributed by atoms with Crippen molar-refractivity contribution in [3.63, 3.8) is 0 Å². The van der Waals surface area contributed by atoms with E-state index in [0.717, 1.165) is 63.1 Å². The van der Waals surface area contributed by atoms with E-state index in [0.29, 0.717) is 18.0 Å². The highest BCUT2D eigenvalue weighted by molar-refractivity contribution is 5.87. The van der Waals surface area contributed by atoms with Crippen molar-refractivity contribution in [3.05, 3.63) is 29.1 Å². The number of piperazine rings is 1. The maximum Gasteiger partial charge on any atom is 0.243 e. The molecule has 0 radical (unpaired) electrons. The normalized spacial score (nSPS) is 29.1. The largest absolute Gasteiger partial charge is 0.373 e. The molecule has 6 heteroatoms. The summed E-state index contributed by atoms with van der Waals surface area (Å²) < 4.78 is 14.1. The number of hydrogen-bond donors (Lipinski definition) is 3. The van der Waals surface area contributed by atoms with Gasteiger partial charge in [-0.1, -0.05) is 0 Å². The monoisotopic (exact) mass is 360 g/mol. The van der Waals surface area contributed by atoms with E-state index in [1.165, 1.54) is 6.07 Å². The molecule has 5 nitrogen and oxygen atoms in total. The van der Waals surface area contributed by atoms with Crippen LogP contribution in [0.15, 0.2) is 12.1 Å². The number of anilines is 1. The minimum Gasteiger partial charge on any atom is -0.373 e. The number of nitrogens with one attached hydrogen (secondary N) is 3. The fraction of sp³-hybridized carbons (Fsp3) is 0.650. The number of amides is 1. The number of benzene rings is 1. The van der Waals surface area contributed by atoms with Gasteiger partial charge in [0.1, 0.15) is 11.9 Å². The third-order valence-electron chi connectivity index (χ3n) is 6.11. The number of hydrogen-bond acceptors (Lipinski definition) is 4. The molecular formula is C20H29FN4O. The molecule has 4 rings (SSSR count). The maximum atomic E-state index is 14.1. The van der Waals surface area contributed by atoms with Gasteiger partial charge in [0, 0.05) is 55.9 Å². The zero-order valence-corrected chi connectivity index (χ0v) is 15.5. The van der Waals surface area contributed by atoms with Gasteiger partial charge in [0.25, 0.3) is 0 Å². The highest BCUT2D eigenvalue weighted by Gasteiger charge is 2.32. The Morgan fingerprint density at radius 3 is 2.65 bits per heavy atom. The Morgan fingerprint density at radius 2 is 1.92 bits per heavy atom. The van der Waals surface area contributed by atoms with Gasteiger partial charge >= 0.3 is 0 Å². The Kier molecular flexibility index (Phi) is 5.14. The Bertz CT molecular complexity index is 666. The summed E-state index contributed by atoms with van der Waals surface area (Å²) in [5.41, 5.74) is 2.28. The lowest BCUT2D eigenvalue weighted by Crippen LogP contribution is -2.51. The zero-order valence-electron chi connectivity index (χ0n) is 15.5. The molecule has 1 aliphatic carbocycles. The van der Waals surface area contributed by atoms with E-state index in [9.17, 15) is 9.18 Å². The standard InChI is InChI=1S/C20H29FN4O/c1-13-10-17(21)16-12-19(24-18(16)11-13)20(26)23-14-2-4-15(5-3-14)25-8-6-22-7-9-25/h10-11,14-15,19,22,24H,2-9,12H2,1H3,(H,23,26). The van der Waals surface area contributed by atoms with Crippen LogP contribution in [0, 0.1) is 12.7 Å². The molecule has 1 aromatic rings. The van der Waals surface area contributed by atoms with Gasteiger partial charge in [-0.15, -0.1) is 0 Å². The van der Waals surface area contributed by atoms with Crippen molar-refractivity contribution in [2.24, 2.45) is 0 Å². The number of fused-ring (bicyclic) bond motifs is 1. The predicted molar refractivity (Wildman–Crippen MR) is 101 cm³/mol. The van der Waals surface area contributed by atoms with Gasteiger partial charge in [0.2, 0.25) is 5.91 Å². The number of nitrogens with zero attached hydrogens (tertiary/aromatic N) is 1. The Labute approximate surface area is 154 Å². The summed E-state index contributed by atoms with van der Waals surface area (Å²) in [5.74, 6) is -0.205. The number of rotatable bonds is 3. The van der Waals surface area contributed by atoms with E-state index in [2.05, 4.69) is 20.9 Å². The first-order chi connectivity index (χ1) is 12.6. The Balaban J connectivity index is 1.28. The molecule has 1 saturated heterocycles. The van der Waals surface area contributed by atoms with Gasteiger partial charge in [-0.25, -0.2) is 4.39 Å². The lowest BCUT2D eigenvalue weighted by Gasteiger charge is -2.39. The van der Waals surface area contributed by atoms with E-state index in [1.807, 2.05) is 13.0 Å². The molecule has 26 heavy (non-hydrogen) atoms. The number of carbonyl (C=O) groups excluding carboxylic acids is 1. The molecule has 2 fully saturated rings. The predicted octanol–water partition coefficient (Wildman–Crippen LogP) is 1.80. The summed E-state index contributed by atoms with van der Waals surface area (Å²) in [4.78, 5) is 15.2. The van der Waals surface area contributed by atoms with Gasteiger partial charge in [0.05, 0.1) is 0 Å². The molecule has 0 bridgehead atoms. The van der Waals surface area contributed by atoms with Crippen molar-refractivity contribution < 1.29 is 9.18 Å². The fourth-order valence-electron chi connectivity index (χ4n) is 4.64. The summed E-state index contributed by atoms with van der Waals surface area (Å²) in [5, 5.41) is 9.80. The second-order valence-corrected chi connectivity index (χ2v) is 7.97. The number of carbonyl (C=O) groups is 1. The molecule has 2 aliphatic heterocycles. The molecule has 1 saturated carbocycles. The summed E-state index contributed by atoms with van der Waals surface area (Å²) >= 11 is 0. The lowest BCUT2D eigenvalue weighted by atomic mass is 9.89. The summed E-state index contributed by atoms with van der Waals surface area (Å²) in [6, 6.07) is 4.02. The number of aryl methyl sites for hydroxylation is 1. The highest BCUT2D eigenvalue weighted by atomic mass is 19.1. The van der Waals surface area contributed by atoms with E-state index < -0.39 is 0 Å². The van der Waals surface area contributed by atoms with Crippen molar-refractivity contribution in [3.8, 4) is 0 Å². The molecule has 1 amide bonds. The van der Waals surface area contributed by atoms with E-state index in [4.69, 9.17) is 0 Å². The van der Waals surface area contributed by atoms with Gasteiger partial charge < -0.3 is 16.0 Å². The van der Waals surface area contributed by atoms with Crippen molar-refractivity contribution in [2.75, 3.05) is 31.5 Å². The van der Waals surface area contributed by atoms with Crippen LogP contribution in [0.25, 0.3) is 0 Å². The maximum absolute atomic E-state index is 14.1. The second kappa shape index (κ2) is 7.53. The second-order valence-electron chi connectivity index (χ2n) is 7.97. The number of halogens is 1. The topological polar surface area (TPSA) is 56.4 Å². The van der Waals surface area contributed by atoms with Crippen molar-refractivity contribution >= 4 is 11.6 Å². The van der Waals surface area contributed by atoms with Crippen LogP contribution in [-0.2, 0) is 11.2 Å². The van der Waals surface area contributed by atoms with E-state index >= 15 is 0 Å². The Hall–Kier alpha value is -1.66. The van der Waals surface area contributed by atoms with E-state index in [-0.39, 0.29) is 23.8 Å². The van der Waals surface area contributed by atoms with Crippen LogP contribution in [0.4, 0.5) is 10.1 Å². The molecule has 2 heterocycles. The van der Waals surface area contributed by atoms with Crippen molar-refractivity contribution in [1.82, 2.24) is 15.5 Å². The molecule has 0 aromatic heterocycles. The lowest BCUT2D eigenvalue weighted by molar-refractivity contribution is -0.122. The van der Waals surface area contributed by atoms with Crippen LogP contribution < -0.4 is 16.0 Å².